The second-order valence-corrected chi connectivity index (χ2v) is 5.32. The number of nitrogen functional groups attached to an aromatic ring is 1. The summed E-state index contributed by atoms with van der Waals surface area (Å²) in [6, 6.07) is 0. The van der Waals surface area contributed by atoms with Crippen LogP contribution in [-0.2, 0) is 0 Å². The van der Waals surface area contributed by atoms with Gasteiger partial charge in [-0.25, -0.2) is 0 Å². The molecule has 5 nitrogen and oxygen atoms in total. The van der Waals surface area contributed by atoms with Crippen molar-refractivity contribution in [2.45, 2.75) is 59.3 Å². The van der Waals surface area contributed by atoms with Crippen LogP contribution in [-0.4, -0.2) is 34.1 Å². The van der Waals surface area contributed by atoms with Gasteiger partial charge in [-0.2, -0.15) is 5.10 Å². The third kappa shape index (κ3) is 4.54. The third-order valence-corrected chi connectivity index (χ3v) is 3.55. The fourth-order valence-corrected chi connectivity index (χ4v) is 2.17. The molecule has 0 aliphatic rings. The molecule has 0 saturated heterocycles. The molecule has 1 amide bonds. The lowest BCUT2D eigenvalue weighted by Gasteiger charge is -2.22. The average molecular weight is 280 g/mol. The Bertz CT molecular complexity index is 404. The van der Waals surface area contributed by atoms with Crippen LogP contribution in [0.3, 0.4) is 0 Å². The molecular formula is C15H28N4O. The van der Waals surface area contributed by atoms with Gasteiger partial charge < -0.3 is 10.6 Å². The van der Waals surface area contributed by atoms with Crippen LogP contribution in [0.1, 0.15) is 68.6 Å². The van der Waals surface area contributed by atoms with Crippen LogP contribution in [0.2, 0.25) is 0 Å². The topological polar surface area (TPSA) is 75.0 Å². The molecule has 0 aliphatic carbocycles. The van der Waals surface area contributed by atoms with Crippen LogP contribution >= 0.6 is 0 Å². The second kappa shape index (κ2) is 8.61. The number of anilines is 1. The minimum absolute atomic E-state index is 0.0425. The van der Waals surface area contributed by atoms with Gasteiger partial charge in [-0.05, 0) is 19.8 Å². The van der Waals surface area contributed by atoms with Gasteiger partial charge >= 0.3 is 0 Å². The highest BCUT2D eigenvalue weighted by atomic mass is 16.2. The Balaban J connectivity index is 2.69. The summed E-state index contributed by atoms with van der Waals surface area (Å²) in [7, 11) is 0. The lowest BCUT2D eigenvalue weighted by molar-refractivity contribution is 0.0744. The van der Waals surface area contributed by atoms with Crippen LogP contribution in [0.5, 0.6) is 0 Å². The van der Waals surface area contributed by atoms with Gasteiger partial charge in [0, 0.05) is 13.1 Å². The van der Waals surface area contributed by atoms with Crippen LogP contribution in [0, 0.1) is 6.92 Å². The number of nitrogens with zero attached hydrogens (tertiary/aromatic N) is 2. The number of H-pyrrole nitrogens is 1. The van der Waals surface area contributed by atoms with Crippen molar-refractivity contribution >= 4 is 11.6 Å². The molecule has 1 rings (SSSR count). The smallest absolute Gasteiger partial charge is 0.276 e. The first-order chi connectivity index (χ1) is 9.61. The van der Waals surface area contributed by atoms with Gasteiger partial charge in [0.2, 0.25) is 0 Å². The molecule has 0 atom stereocenters. The zero-order chi connectivity index (χ0) is 15.0. The second-order valence-electron chi connectivity index (χ2n) is 5.32. The maximum absolute atomic E-state index is 12.5. The van der Waals surface area contributed by atoms with E-state index in [0.717, 1.165) is 57.3 Å². The van der Waals surface area contributed by atoms with Crippen LogP contribution in [0.25, 0.3) is 0 Å². The maximum atomic E-state index is 12.5. The zero-order valence-electron chi connectivity index (χ0n) is 13.0. The molecule has 0 unspecified atom stereocenters. The Morgan fingerprint density at radius 3 is 2.10 bits per heavy atom. The van der Waals surface area contributed by atoms with Crippen molar-refractivity contribution in [2.75, 3.05) is 18.8 Å². The number of aromatic nitrogens is 2. The fraction of sp³-hybridized carbons (Fsp3) is 0.733. The SMILES string of the molecule is CCCCCN(CCCCC)C(=O)c1n[nH]c(C)c1N. The summed E-state index contributed by atoms with van der Waals surface area (Å²) in [4.78, 5) is 14.4. The molecule has 0 fully saturated rings. The van der Waals surface area contributed by atoms with Gasteiger partial charge in [0.05, 0.1) is 11.4 Å². The summed E-state index contributed by atoms with van der Waals surface area (Å²) < 4.78 is 0. The number of rotatable bonds is 9. The highest BCUT2D eigenvalue weighted by Crippen LogP contribution is 2.16. The quantitative estimate of drug-likeness (QED) is 0.682. The normalized spacial score (nSPS) is 10.8. The van der Waals surface area contributed by atoms with E-state index in [2.05, 4.69) is 24.0 Å². The lowest BCUT2D eigenvalue weighted by atomic mass is 10.2. The Morgan fingerprint density at radius 2 is 1.70 bits per heavy atom. The molecule has 0 bridgehead atoms. The van der Waals surface area contributed by atoms with E-state index in [0.29, 0.717) is 11.4 Å². The molecule has 1 aromatic heterocycles. The summed E-state index contributed by atoms with van der Waals surface area (Å²) in [5.41, 5.74) is 7.52. The molecule has 0 aromatic carbocycles. The largest absolute Gasteiger partial charge is 0.395 e. The van der Waals surface area contributed by atoms with E-state index in [1.54, 1.807) is 0 Å². The van der Waals surface area contributed by atoms with Gasteiger partial charge in [-0.1, -0.05) is 39.5 Å². The molecule has 5 heteroatoms. The Hall–Kier alpha value is -1.52. The van der Waals surface area contributed by atoms with Crippen molar-refractivity contribution in [2.24, 2.45) is 0 Å². The summed E-state index contributed by atoms with van der Waals surface area (Å²) in [6.45, 7) is 7.75. The van der Waals surface area contributed by atoms with E-state index in [4.69, 9.17) is 5.73 Å². The number of hydrogen-bond donors (Lipinski definition) is 2. The van der Waals surface area contributed by atoms with E-state index in [1.807, 2.05) is 11.8 Å². The number of unbranched alkanes of at least 4 members (excludes halogenated alkanes) is 4. The summed E-state index contributed by atoms with van der Waals surface area (Å²) in [6.07, 6.45) is 6.68. The Kier molecular flexibility index (Phi) is 7.12. The first kappa shape index (κ1) is 16.5. The van der Waals surface area contributed by atoms with Gasteiger partial charge in [-0.15, -0.1) is 0 Å². The number of nitrogens with one attached hydrogen (secondary N) is 1. The predicted octanol–water partition coefficient (Wildman–Crippen LogP) is 3.12. The molecule has 3 N–H and O–H groups in total. The molecule has 1 heterocycles. The van der Waals surface area contributed by atoms with Gasteiger partial charge in [0.15, 0.2) is 5.69 Å². The first-order valence-electron chi connectivity index (χ1n) is 7.71. The highest BCUT2D eigenvalue weighted by Gasteiger charge is 2.21. The van der Waals surface area contributed by atoms with Gasteiger partial charge in [0.1, 0.15) is 0 Å². The number of hydrogen-bond acceptors (Lipinski definition) is 3. The molecule has 0 aliphatic heterocycles. The van der Waals surface area contributed by atoms with E-state index in [-0.39, 0.29) is 5.91 Å². The first-order valence-corrected chi connectivity index (χ1v) is 7.71. The Morgan fingerprint density at radius 1 is 1.15 bits per heavy atom. The average Bonchev–Trinajstić information content (AvgIpc) is 2.77. The Labute approximate surface area is 121 Å². The van der Waals surface area contributed by atoms with Gasteiger partial charge in [-0.3, -0.25) is 9.89 Å². The zero-order valence-corrected chi connectivity index (χ0v) is 13.0. The summed E-state index contributed by atoms with van der Waals surface area (Å²) >= 11 is 0. The number of carbonyl (C=O) groups excluding carboxylic acids is 1. The molecule has 114 valence electrons. The lowest BCUT2D eigenvalue weighted by Crippen LogP contribution is -2.33. The standard InChI is InChI=1S/C15H28N4O/c1-4-6-8-10-19(11-9-7-5-2)15(20)14-13(16)12(3)17-18-14/h4-11,16H2,1-3H3,(H,17,18). The van der Waals surface area contributed by atoms with Crippen LogP contribution in [0.15, 0.2) is 0 Å². The van der Waals surface area contributed by atoms with Crippen molar-refractivity contribution in [1.82, 2.24) is 15.1 Å². The summed E-state index contributed by atoms with van der Waals surface area (Å²) in [5, 5.41) is 6.84. The molecular weight excluding hydrogens is 252 g/mol. The number of aromatic amines is 1. The van der Waals surface area contributed by atoms with Crippen LogP contribution < -0.4 is 5.73 Å². The molecule has 0 saturated carbocycles. The highest BCUT2D eigenvalue weighted by molar-refractivity contribution is 5.97. The molecule has 0 spiro atoms. The van der Waals surface area contributed by atoms with E-state index < -0.39 is 0 Å². The van der Waals surface area contributed by atoms with Crippen LogP contribution in [0.4, 0.5) is 5.69 Å². The molecule has 20 heavy (non-hydrogen) atoms. The van der Waals surface area contributed by atoms with E-state index in [1.165, 1.54) is 0 Å². The van der Waals surface area contributed by atoms with Crippen molar-refractivity contribution < 1.29 is 4.79 Å². The fourth-order valence-electron chi connectivity index (χ4n) is 2.17. The number of carbonyl (C=O) groups is 1. The van der Waals surface area contributed by atoms with Gasteiger partial charge in [0.25, 0.3) is 5.91 Å². The van der Waals surface area contributed by atoms with Crippen molar-refractivity contribution in [3.63, 3.8) is 0 Å². The third-order valence-electron chi connectivity index (χ3n) is 3.55. The minimum Gasteiger partial charge on any atom is -0.395 e. The van der Waals surface area contributed by atoms with E-state index in [9.17, 15) is 4.79 Å². The molecule has 0 radical (unpaired) electrons. The molecule has 1 aromatic rings. The number of amides is 1. The maximum Gasteiger partial charge on any atom is 0.276 e. The van der Waals surface area contributed by atoms with Crippen molar-refractivity contribution in [1.29, 1.82) is 0 Å². The van der Waals surface area contributed by atoms with E-state index >= 15 is 0 Å². The summed E-state index contributed by atoms with van der Waals surface area (Å²) in [5.74, 6) is -0.0425. The van der Waals surface area contributed by atoms with Crippen molar-refractivity contribution in [3.05, 3.63) is 11.4 Å². The monoisotopic (exact) mass is 280 g/mol. The predicted molar refractivity (Wildman–Crippen MR) is 82.7 cm³/mol. The number of nitrogens with two attached hydrogens (primary N) is 1. The number of aryl methyl sites for hydroxylation is 1. The minimum atomic E-state index is -0.0425. The van der Waals surface area contributed by atoms with Crippen molar-refractivity contribution in [3.8, 4) is 0 Å².